The molecule has 1 saturated carbocycles. The third kappa shape index (κ3) is 2.74. The Labute approximate surface area is 88.7 Å². The average molecular weight is 237 g/mol. The highest BCUT2D eigenvalue weighted by atomic mass is 32.1. The first-order valence-corrected chi connectivity index (χ1v) is 5.32. The predicted octanol–water partition coefficient (Wildman–Crippen LogP) is 2.26. The zero-order chi connectivity index (χ0) is 11.1. The van der Waals surface area contributed by atoms with Gasteiger partial charge in [-0.15, -0.1) is 0 Å². The highest BCUT2D eigenvalue weighted by Gasteiger charge is 2.39. The van der Waals surface area contributed by atoms with Crippen molar-refractivity contribution in [3.63, 3.8) is 0 Å². The Morgan fingerprint density at radius 2 is 2.20 bits per heavy atom. The molecule has 2 rings (SSSR count). The normalized spacial score (nSPS) is 16.7. The van der Waals surface area contributed by atoms with Gasteiger partial charge in [0.1, 0.15) is 11.5 Å². The monoisotopic (exact) mass is 237 g/mol. The molecular formula is C8H10F3N3S. The maximum Gasteiger partial charge on any atom is 0.406 e. The van der Waals surface area contributed by atoms with Crippen LogP contribution in [0.15, 0.2) is 6.20 Å². The molecule has 0 bridgehead atoms. The zero-order valence-electron chi connectivity index (χ0n) is 7.79. The lowest BCUT2D eigenvalue weighted by Crippen LogP contribution is -2.35. The first kappa shape index (κ1) is 10.5. The van der Waals surface area contributed by atoms with Gasteiger partial charge < -0.3 is 10.6 Å². The lowest BCUT2D eigenvalue weighted by molar-refractivity contribution is -0.120. The van der Waals surface area contributed by atoms with Gasteiger partial charge in [-0.1, -0.05) is 11.3 Å². The molecule has 1 aliphatic rings. The van der Waals surface area contributed by atoms with Gasteiger partial charge in [-0.3, -0.25) is 0 Å². The van der Waals surface area contributed by atoms with Gasteiger partial charge in [-0.05, 0) is 12.8 Å². The number of rotatable bonds is 3. The van der Waals surface area contributed by atoms with Crippen LogP contribution in [0.4, 0.5) is 23.3 Å². The Balaban J connectivity index is 2.13. The van der Waals surface area contributed by atoms with Crippen molar-refractivity contribution in [3.05, 3.63) is 6.20 Å². The number of nitrogens with two attached hydrogens (primary N) is 1. The molecule has 0 atom stereocenters. The molecule has 1 aromatic rings. The van der Waals surface area contributed by atoms with Gasteiger partial charge in [0.2, 0.25) is 0 Å². The predicted molar refractivity (Wildman–Crippen MR) is 52.9 cm³/mol. The number of aromatic nitrogens is 1. The number of nitrogens with zero attached hydrogens (tertiary/aromatic N) is 2. The van der Waals surface area contributed by atoms with E-state index in [9.17, 15) is 13.2 Å². The van der Waals surface area contributed by atoms with Crippen LogP contribution in [0.25, 0.3) is 0 Å². The number of anilines is 2. The van der Waals surface area contributed by atoms with Crippen LogP contribution in [0.5, 0.6) is 0 Å². The minimum atomic E-state index is -4.19. The van der Waals surface area contributed by atoms with Crippen LogP contribution in [-0.4, -0.2) is 23.7 Å². The quantitative estimate of drug-likeness (QED) is 0.876. The molecule has 15 heavy (non-hydrogen) atoms. The van der Waals surface area contributed by atoms with Crippen LogP contribution < -0.4 is 10.6 Å². The summed E-state index contributed by atoms with van der Waals surface area (Å²) in [5, 5.41) is 0.810. The third-order valence-electron chi connectivity index (χ3n) is 2.09. The highest BCUT2D eigenvalue weighted by molar-refractivity contribution is 7.19. The second-order valence-electron chi connectivity index (χ2n) is 3.52. The van der Waals surface area contributed by atoms with Gasteiger partial charge >= 0.3 is 6.18 Å². The summed E-state index contributed by atoms with van der Waals surface area (Å²) in [5.74, 6) is 0. The Kier molecular flexibility index (Phi) is 2.49. The van der Waals surface area contributed by atoms with E-state index < -0.39 is 12.7 Å². The largest absolute Gasteiger partial charge is 0.406 e. The summed E-state index contributed by atoms with van der Waals surface area (Å²) in [6.45, 7) is -0.940. The van der Waals surface area contributed by atoms with Crippen LogP contribution >= 0.6 is 11.3 Å². The topological polar surface area (TPSA) is 42.1 Å². The maximum atomic E-state index is 12.3. The molecule has 0 spiro atoms. The second kappa shape index (κ2) is 3.55. The van der Waals surface area contributed by atoms with Crippen molar-refractivity contribution in [1.29, 1.82) is 0 Å². The molecule has 84 valence electrons. The standard InChI is InChI=1S/C8H10F3N3S/c9-8(10,11)4-14(5-1-2-5)7-13-3-6(12)15-7/h3,5H,1-2,4,12H2. The molecule has 7 heteroatoms. The van der Waals surface area contributed by atoms with Gasteiger partial charge in [-0.2, -0.15) is 13.2 Å². The molecule has 0 radical (unpaired) electrons. The number of halogens is 3. The van der Waals surface area contributed by atoms with E-state index in [4.69, 9.17) is 5.73 Å². The average Bonchev–Trinajstić information content (AvgIpc) is 2.84. The van der Waals surface area contributed by atoms with E-state index in [2.05, 4.69) is 4.98 Å². The van der Waals surface area contributed by atoms with Crippen LogP contribution in [0.2, 0.25) is 0 Å². The van der Waals surface area contributed by atoms with E-state index in [-0.39, 0.29) is 6.04 Å². The first-order chi connectivity index (χ1) is 6.96. The fourth-order valence-electron chi connectivity index (χ4n) is 1.34. The molecule has 0 saturated heterocycles. The third-order valence-corrected chi connectivity index (χ3v) is 2.96. The molecule has 0 aliphatic heterocycles. The maximum absolute atomic E-state index is 12.3. The Morgan fingerprint density at radius 3 is 2.60 bits per heavy atom. The minimum absolute atomic E-state index is 0.0165. The van der Waals surface area contributed by atoms with E-state index in [0.717, 1.165) is 24.2 Å². The molecule has 3 nitrogen and oxygen atoms in total. The van der Waals surface area contributed by atoms with E-state index in [1.807, 2.05) is 0 Å². The molecule has 0 aromatic carbocycles. The van der Waals surface area contributed by atoms with Gasteiger partial charge in [0, 0.05) is 6.04 Å². The molecule has 1 aliphatic carbocycles. The Morgan fingerprint density at radius 1 is 1.53 bits per heavy atom. The molecule has 2 N–H and O–H groups in total. The van der Waals surface area contributed by atoms with Crippen LogP contribution in [0, 0.1) is 0 Å². The van der Waals surface area contributed by atoms with Crippen molar-refractivity contribution in [2.75, 3.05) is 17.2 Å². The van der Waals surface area contributed by atoms with Crippen LogP contribution in [0.3, 0.4) is 0 Å². The zero-order valence-corrected chi connectivity index (χ0v) is 8.61. The summed E-state index contributed by atoms with van der Waals surface area (Å²) < 4.78 is 36.9. The van der Waals surface area contributed by atoms with Crippen molar-refractivity contribution in [2.45, 2.75) is 25.1 Å². The number of hydrogen-bond donors (Lipinski definition) is 1. The Hall–Kier alpha value is -0.980. The van der Waals surface area contributed by atoms with Crippen molar-refractivity contribution in [2.24, 2.45) is 0 Å². The summed E-state index contributed by atoms with van der Waals surface area (Å²) in [6, 6.07) is -0.0165. The molecule has 0 amide bonds. The lowest BCUT2D eigenvalue weighted by atomic mass is 10.5. The van der Waals surface area contributed by atoms with E-state index in [0.29, 0.717) is 10.1 Å². The van der Waals surface area contributed by atoms with E-state index >= 15 is 0 Å². The van der Waals surface area contributed by atoms with Crippen molar-refractivity contribution in [3.8, 4) is 0 Å². The van der Waals surface area contributed by atoms with Crippen molar-refractivity contribution >= 4 is 21.5 Å². The Bertz CT molecular complexity index is 345. The second-order valence-corrected chi connectivity index (χ2v) is 4.56. The minimum Gasteiger partial charge on any atom is -0.389 e. The number of hydrogen-bond acceptors (Lipinski definition) is 4. The molecule has 0 unspecified atom stereocenters. The van der Waals surface area contributed by atoms with Crippen molar-refractivity contribution in [1.82, 2.24) is 4.98 Å². The van der Waals surface area contributed by atoms with Crippen molar-refractivity contribution < 1.29 is 13.2 Å². The number of thiazole rings is 1. The fraction of sp³-hybridized carbons (Fsp3) is 0.625. The summed E-state index contributed by atoms with van der Waals surface area (Å²) in [4.78, 5) is 5.17. The summed E-state index contributed by atoms with van der Waals surface area (Å²) >= 11 is 1.10. The van der Waals surface area contributed by atoms with Crippen LogP contribution in [0.1, 0.15) is 12.8 Å². The van der Waals surface area contributed by atoms with Crippen LogP contribution in [-0.2, 0) is 0 Å². The SMILES string of the molecule is Nc1cnc(N(CC(F)(F)F)C2CC2)s1. The fourth-order valence-corrected chi connectivity index (χ4v) is 2.09. The number of alkyl halides is 3. The molecule has 1 heterocycles. The van der Waals surface area contributed by atoms with Gasteiger partial charge in [0.15, 0.2) is 5.13 Å². The van der Waals surface area contributed by atoms with Gasteiger partial charge in [0.05, 0.1) is 6.20 Å². The molecule has 1 fully saturated rings. The molecular weight excluding hydrogens is 227 g/mol. The highest BCUT2D eigenvalue weighted by Crippen LogP contribution is 2.36. The lowest BCUT2D eigenvalue weighted by Gasteiger charge is -2.22. The van der Waals surface area contributed by atoms with Gasteiger partial charge in [0.25, 0.3) is 0 Å². The molecule has 1 aromatic heterocycles. The van der Waals surface area contributed by atoms with E-state index in [1.54, 1.807) is 0 Å². The van der Waals surface area contributed by atoms with Gasteiger partial charge in [-0.25, -0.2) is 4.98 Å². The summed E-state index contributed by atoms with van der Waals surface area (Å²) in [6.07, 6.45) is -1.19. The summed E-state index contributed by atoms with van der Waals surface area (Å²) in [7, 11) is 0. The smallest absolute Gasteiger partial charge is 0.389 e. The number of nitrogen functional groups attached to an aromatic ring is 1. The summed E-state index contributed by atoms with van der Waals surface area (Å²) in [5.41, 5.74) is 5.45. The van der Waals surface area contributed by atoms with E-state index in [1.165, 1.54) is 11.1 Å². The first-order valence-electron chi connectivity index (χ1n) is 4.50.